The highest BCUT2D eigenvalue weighted by atomic mass is 19.4. The van der Waals surface area contributed by atoms with Crippen molar-refractivity contribution in [3.05, 3.63) is 29.8 Å². The van der Waals surface area contributed by atoms with Crippen molar-refractivity contribution in [2.45, 2.75) is 37.6 Å². The first kappa shape index (κ1) is 15.6. The van der Waals surface area contributed by atoms with Crippen LogP contribution in [0.1, 0.15) is 24.8 Å². The number of halogens is 3. The fourth-order valence-electron chi connectivity index (χ4n) is 3.79. The van der Waals surface area contributed by atoms with Gasteiger partial charge in [-0.25, -0.2) is 4.90 Å². The highest BCUT2D eigenvalue weighted by Crippen LogP contribution is 2.42. The van der Waals surface area contributed by atoms with Gasteiger partial charge in [0.2, 0.25) is 5.91 Å². The molecule has 2 amide bonds. The van der Waals surface area contributed by atoms with Crippen LogP contribution in [0.5, 0.6) is 0 Å². The number of carbonyl (C=O) groups excluding carboxylic acids is 2. The van der Waals surface area contributed by atoms with E-state index in [9.17, 15) is 22.8 Å². The molecule has 8 heteroatoms. The maximum atomic E-state index is 12.9. The summed E-state index contributed by atoms with van der Waals surface area (Å²) in [5.41, 5.74) is -0.946. The van der Waals surface area contributed by atoms with Crippen LogP contribution < -0.4 is 4.90 Å². The fraction of sp³-hybridized carbons (Fsp3) is 0.500. The predicted molar refractivity (Wildman–Crippen MR) is 76.6 cm³/mol. The zero-order valence-corrected chi connectivity index (χ0v) is 12.6. The molecule has 3 aliphatic rings. The van der Waals surface area contributed by atoms with Crippen molar-refractivity contribution in [1.82, 2.24) is 5.06 Å². The molecule has 1 aromatic carbocycles. The Morgan fingerprint density at radius 2 is 1.92 bits per heavy atom. The normalized spacial score (nSPS) is 30.6. The molecule has 4 rings (SSSR count). The summed E-state index contributed by atoms with van der Waals surface area (Å²) in [4.78, 5) is 31.8. The van der Waals surface area contributed by atoms with E-state index in [1.165, 1.54) is 12.1 Å². The van der Waals surface area contributed by atoms with Gasteiger partial charge in [-0.15, -0.1) is 0 Å². The molecular weight excluding hydrogens is 325 g/mol. The lowest BCUT2D eigenvalue weighted by Crippen LogP contribution is -2.42. The Morgan fingerprint density at radius 3 is 2.67 bits per heavy atom. The van der Waals surface area contributed by atoms with E-state index in [-0.39, 0.29) is 11.7 Å². The number of anilines is 1. The number of nitrogens with zero attached hydrogens (tertiary/aromatic N) is 2. The molecule has 0 aromatic heterocycles. The van der Waals surface area contributed by atoms with Gasteiger partial charge in [0.25, 0.3) is 5.91 Å². The molecule has 1 aromatic rings. The molecule has 0 N–H and O–H groups in total. The fourth-order valence-corrected chi connectivity index (χ4v) is 3.79. The molecule has 0 saturated carbocycles. The van der Waals surface area contributed by atoms with E-state index >= 15 is 0 Å². The van der Waals surface area contributed by atoms with Crippen LogP contribution in [0.3, 0.4) is 0 Å². The lowest BCUT2D eigenvalue weighted by molar-refractivity contribution is -0.177. The molecule has 3 heterocycles. The average Bonchev–Trinajstić information content (AvgIpc) is 3.03. The minimum absolute atomic E-state index is 0.0554. The first-order valence-electron chi connectivity index (χ1n) is 7.86. The molecule has 5 nitrogen and oxygen atoms in total. The molecule has 3 fully saturated rings. The van der Waals surface area contributed by atoms with Crippen LogP contribution in [-0.2, 0) is 20.6 Å². The van der Waals surface area contributed by atoms with Crippen molar-refractivity contribution in [2.75, 3.05) is 11.4 Å². The van der Waals surface area contributed by atoms with Gasteiger partial charge in [0.1, 0.15) is 0 Å². The summed E-state index contributed by atoms with van der Waals surface area (Å²) in [6.07, 6.45) is -2.82. The largest absolute Gasteiger partial charge is 0.416 e. The van der Waals surface area contributed by atoms with E-state index in [0.717, 1.165) is 36.3 Å². The Morgan fingerprint density at radius 1 is 1.12 bits per heavy atom. The molecule has 0 bridgehead atoms. The lowest BCUT2D eigenvalue weighted by atomic mass is 9.90. The van der Waals surface area contributed by atoms with Crippen molar-refractivity contribution in [1.29, 1.82) is 0 Å². The van der Waals surface area contributed by atoms with Crippen LogP contribution in [0.2, 0.25) is 0 Å². The van der Waals surface area contributed by atoms with E-state index in [1.54, 1.807) is 5.06 Å². The number of hydrogen-bond donors (Lipinski definition) is 0. The van der Waals surface area contributed by atoms with Crippen LogP contribution in [0.4, 0.5) is 18.9 Å². The van der Waals surface area contributed by atoms with Crippen molar-refractivity contribution >= 4 is 17.5 Å². The Hall–Kier alpha value is -1.93. The first-order valence-corrected chi connectivity index (χ1v) is 7.86. The van der Waals surface area contributed by atoms with Crippen LogP contribution in [0, 0.1) is 5.92 Å². The van der Waals surface area contributed by atoms with Crippen LogP contribution >= 0.6 is 0 Å². The van der Waals surface area contributed by atoms with Crippen LogP contribution in [-0.4, -0.2) is 35.6 Å². The highest BCUT2D eigenvalue weighted by Gasteiger charge is 2.59. The topological polar surface area (TPSA) is 49.9 Å². The van der Waals surface area contributed by atoms with Gasteiger partial charge in [-0.3, -0.25) is 14.4 Å². The number of amides is 2. The van der Waals surface area contributed by atoms with Gasteiger partial charge >= 0.3 is 6.18 Å². The second-order valence-electron chi connectivity index (χ2n) is 6.32. The van der Waals surface area contributed by atoms with Crippen LogP contribution in [0.15, 0.2) is 24.3 Å². The molecule has 0 spiro atoms. The summed E-state index contributed by atoms with van der Waals surface area (Å²) in [6, 6.07) is 4.10. The summed E-state index contributed by atoms with van der Waals surface area (Å²) in [5.74, 6) is -1.69. The van der Waals surface area contributed by atoms with Crippen molar-refractivity contribution in [3.63, 3.8) is 0 Å². The second kappa shape index (κ2) is 5.29. The molecule has 3 saturated heterocycles. The standard InChI is InChI=1S/C16H15F3N2O3/c17-16(18,19)9-4-3-5-10(8-9)21-14(22)12-11-6-1-2-7-20(11)24-13(12)15(21)23/h3-5,8,11-13H,1-2,6-7H2/t11-,12-,13+/m0/s1. The maximum absolute atomic E-state index is 12.9. The molecule has 3 aliphatic heterocycles. The van der Waals surface area contributed by atoms with Gasteiger partial charge in [0.05, 0.1) is 23.2 Å². The molecule has 24 heavy (non-hydrogen) atoms. The van der Waals surface area contributed by atoms with E-state index in [4.69, 9.17) is 4.84 Å². The first-order chi connectivity index (χ1) is 11.4. The monoisotopic (exact) mass is 340 g/mol. The van der Waals surface area contributed by atoms with E-state index < -0.39 is 35.6 Å². The number of imide groups is 1. The number of benzene rings is 1. The molecular formula is C16H15F3N2O3. The van der Waals surface area contributed by atoms with E-state index in [2.05, 4.69) is 0 Å². The molecule has 0 radical (unpaired) electrons. The quantitative estimate of drug-likeness (QED) is 0.737. The zero-order chi connectivity index (χ0) is 17.1. The zero-order valence-electron chi connectivity index (χ0n) is 12.6. The molecule has 3 atom stereocenters. The number of piperidine rings is 1. The predicted octanol–water partition coefficient (Wildman–Crippen LogP) is 2.36. The van der Waals surface area contributed by atoms with Gasteiger partial charge in [-0.05, 0) is 31.0 Å². The maximum Gasteiger partial charge on any atom is 0.416 e. The average molecular weight is 340 g/mol. The van der Waals surface area contributed by atoms with Crippen molar-refractivity contribution < 1.29 is 27.6 Å². The van der Waals surface area contributed by atoms with E-state index in [1.807, 2.05) is 0 Å². The number of alkyl halides is 3. The minimum Gasteiger partial charge on any atom is -0.284 e. The smallest absolute Gasteiger partial charge is 0.284 e. The third-order valence-electron chi connectivity index (χ3n) is 4.89. The highest BCUT2D eigenvalue weighted by molar-refractivity contribution is 6.23. The van der Waals surface area contributed by atoms with Gasteiger partial charge in [-0.2, -0.15) is 18.2 Å². The minimum atomic E-state index is -4.53. The molecule has 128 valence electrons. The van der Waals surface area contributed by atoms with E-state index in [0.29, 0.717) is 6.54 Å². The van der Waals surface area contributed by atoms with Crippen molar-refractivity contribution in [3.8, 4) is 0 Å². The van der Waals surface area contributed by atoms with Gasteiger partial charge in [0.15, 0.2) is 6.10 Å². The Balaban J connectivity index is 1.67. The van der Waals surface area contributed by atoms with Crippen molar-refractivity contribution in [2.24, 2.45) is 5.92 Å². The summed E-state index contributed by atoms with van der Waals surface area (Å²) < 4.78 is 38.6. The molecule has 0 unspecified atom stereocenters. The summed E-state index contributed by atoms with van der Waals surface area (Å²) >= 11 is 0. The summed E-state index contributed by atoms with van der Waals surface area (Å²) in [6.45, 7) is 0.668. The Kier molecular flexibility index (Phi) is 3.43. The second-order valence-corrected chi connectivity index (χ2v) is 6.32. The number of rotatable bonds is 1. The number of hydrogen-bond acceptors (Lipinski definition) is 4. The SMILES string of the molecule is O=C1[C@@H]2[C@@H](ON3CCCC[C@@H]23)C(=O)N1c1cccc(C(F)(F)F)c1. The Labute approximate surface area is 135 Å². The third kappa shape index (κ3) is 2.24. The summed E-state index contributed by atoms with van der Waals surface area (Å²) in [5, 5.41) is 1.69. The van der Waals surface area contributed by atoms with Gasteiger partial charge in [-0.1, -0.05) is 12.5 Å². The number of carbonyl (C=O) groups is 2. The summed E-state index contributed by atoms with van der Waals surface area (Å²) in [7, 11) is 0. The lowest BCUT2D eigenvalue weighted by Gasteiger charge is -2.30. The van der Waals surface area contributed by atoms with Crippen LogP contribution in [0.25, 0.3) is 0 Å². The number of fused-ring (bicyclic) bond motifs is 3. The third-order valence-corrected chi connectivity index (χ3v) is 4.89. The van der Waals surface area contributed by atoms with Gasteiger partial charge in [0, 0.05) is 6.54 Å². The molecule has 0 aliphatic carbocycles. The van der Waals surface area contributed by atoms with Gasteiger partial charge < -0.3 is 0 Å². The Bertz CT molecular complexity index is 706. The number of hydroxylamine groups is 2.